The zero-order valence-corrected chi connectivity index (χ0v) is 9.65. The fourth-order valence-electron chi connectivity index (χ4n) is 0.964. The predicted molar refractivity (Wildman–Crippen MR) is 60.4 cm³/mol. The second-order valence-electron chi connectivity index (χ2n) is 2.21. The van der Waals surface area contributed by atoms with Crippen LogP contribution in [0.25, 0.3) is 5.65 Å². The van der Waals surface area contributed by atoms with Crippen LogP contribution in [0.2, 0.25) is 0 Å². The van der Waals surface area contributed by atoms with E-state index in [4.69, 9.17) is 0 Å². The first-order valence-corrected chi connectivity index (χ1v) is 5.13. The maximum atomic E-state index is 4.12. The van der Waals surface area contributed by atoms with Gasteiger partial charge in [0, 0.05) is 18.6 Å². The van der Waals surface area contributed by atoms with Crippen molar-refractivity contribution < 1.29 is 0 Å². The molecule has 0 saturated heterocycles. The molecule has 0 fully saturated rings. The highest BCUT2D eigenvalue weighted by Gasteiger charge is 1.94. The molecule has 0 radical (unpaired) electrons. The van der Waals surface area contributed by atoms with Gasteiger partial charge in [-0.15, -0.1) is 0 Å². The Kier molecular flexibility index (Phi) is 6.37. The van der Waals surface area contributed by atoms with Gasteiger partial charge in [0.2, 0.25) is 0 Å². The van der Waals surface area contributed by atoms with Gasteiger partial charge >= 0.3 is 0 Å². The second kappa shape index (κ2) is 7.06. The van der Waals surface area contributed by atoms with Crippen LogP contribution in [0.1, 0.15) is 33.3 Å². The highest BCUT2D eigenvalue weighted by molar-refractivity contribution is 5.44. The zero-order valence-electron chi connectivity index (χ0n) is 9.65. The summed E-state index contributed by atoms with van der Waals surface area (Å²) in [6.07, 6.45) is 5.35. The van der Waals surface area contributed by atoms with Crippen LogP contribution in [-0.2, 0) is 0 Å². The summed E-state index contributed by atoms with van der Waals surface area (Å²) in [4.78, 5) is 4.12. The van der Waals surface area contributed by atoms with E-state index in [9.17, 15) is 0 Å². The van der Waals surface area contributed by atoms with Crippen molar-refractivity contribution in [3.8, 4) is 0 Å². The van der Waals surface area contributed by atoms with E-state index in [1.54, 1.807) is 16.9 Å². The molecule has 0 aliphatic heterocycles. The van der Waals surface area contributed by atoms with E-state index in [-0.39, 0.29) is 0 Å². The second-order valence-corrected chi connectivity index (χ2v) is 2.21. The van der Waals surface area contributed by atoms with Crippen LogP contribution in [0.15, 0.2) is 24.7 Å². The lowest BCUT2D eigenvalue weighted by Gasteiger charge is -1.92. The van der Waals surface area contributed by atoms with Gasteiger partial charge in [-0.1, -0.05) is 27.7 Å². The molecule has 0 aliphatic carbocycles. The molecule has 2 aromatic rings. The fraction of sp³-hybridized carbons (Fsp3) is 0.455. The monoisotopic (exact) mass is 193 g/mol. The summed E-state index contributed by atoms with van der Waals surface area (Å²) < 4.78 is 1.76. The smallest absolute Gasteiger partial charge is 0.156 e. The molecule has 0 atom stereocenters. The third kappa shape index (κ3) is 2.83. The molecule has 3 nitrogen and oxygen atoms in total. The van der Waals surface area contributed by atoms with Gasteiger partial charge in [-0.25, -0.2) is 9.50 Å². The number of rotatable bonds is 0. The molecule has 0 saturated carbocycles. The summed E-state index contributed by atoms with van der Waals surface area (Å²) in [5.41, 5.74) is 2.09. The van der Waals surface area contributed by atoms with E-state index < -0.39 is 0 Å². The van der Waals surface area contributed by atoms with Gasteiger partial charge in [-0.05, 0) is 18.6 Å². The first-order chi connectivity index (χ1) is 6.88. The maximum absolute atomic E-state index is 4.12. The third-order valence-corrected chi connectivity index (χ3v) is 1.49. The largest absolute Gasteiger partial charge is 0.235 e. The Morgan fingerprint density at radius 2 is 1.71 bits per heavy atom. The van der Waals surface area contributed by atoms with Crippen molar-refractivity contribution in [3.63, 3.8) is 0 Å². The van der Waals surface area contributed by atoms with Crippen LogP contribution in [-0.4, -0.2) is 14.6 Å². The first kappa shape index (κ1) is 12.6. The summed E-state index contributed by atoms with van der Waals surface area (Å²) in [6.45, 7) is 10.0. The van der Waals surface area contributed by atoms with Crippen molar-refractivity contribution in [1.29, 1.82) is 0 Å². The number of fused-ring (bicyclic) bond motifs is 1. The van der Waals surface area contributed by atoms with Crippen molar-refractivity contribution in [2.45, 2.75) is 34.6 Å². The predicted octanol–water partition coefficient (Wildman–Crippen LogP) is 3.09. The van der Waals surface area contributed by atoms with Gasteiger partial charge in [-0.2, -0.15) is 5.10 Å². The van der Waals surface area contributed by atoms with Crippen LogP contribution < -0.4 is 0 Å². The number of hydrogen-bond donors (Lipinski definition) is 0. The molecule has 0 aromatic carbocycles. The topological polar surface area (TPSA) is 30.2 Å². The Morgan fingerprint density at radius 1 is 1.07 bits per heavy atom. The van der Waals surface area contributed by atoms with Crippen molar-refractivity contribution >= 4 is 5.65 Å². The molecule has 0 aliphatic rings. The molecule has 0 unspecified atom stereocenters. The molecule has 14 heavy (non-hydrogen) atoms. The average Bonchev–Trinajstić information content (AvgIpc) is 2.73. The van der Waals surface area contributed by atoms with Crippen molar-refractivity contribution in [1.82, 2.24) is 14.6 Å². The minimum absolute atomic E-state index is 0.933. The molecular formula is C11H19N3. The number of imidazole rings is 1. The average molecular weight is 193 g/mol. The van der Waals surface area contributed by atoms with E-state index >= 15 is 0 Å². The first-order valence-electron chi connectivity index (χ1n) is 5.13. The molecule has 0 bridgehead atoms. The van der Waals surface area contributed by atoms with E-state index in [1.807, 2.05) is 46.9 Å². The van der Waals surface area contributed by atoms with Crippen molar-refractivity contribution in [2.75, 3.05) is 0 Å². The van der Waals surface area contributed by atoms with Crippen LogP contribution in [0.5, 0.6) is 0 Å². The molecule has 2 heterocycles. The van der Waals surface area contributed by atoms with Crippen LogP contribution >= 0.6 is 0 Å². The Hall–Kier alpha value is -1.38. The molecule has 3 heteroatoms. The van der Waals surface area contributed by atoms with E-state index in [0.717, 1.165) is 11.2 Å². The minimum Gasteiger partial charge on any atom is -0.235 e. The minimum atomic E-state index is 0.933. The molecule has 0 N–H and O–H groups in total. The molecule has 2 aromatic heterocycles. The van der Waals surface area contributed by atoms with Gasteiger partial charge in [-0.3, -0.25) is 0 Å². The van der Waals surface area contributed by atoms with Crippen LogP contribution in [0.4, 0.5) is 0 Å². The number of aryl methyl sites for hydroxylation is 1. The van der Waals surface area contributed by atoms with E-state index in [0.29, 0.717) is 0 Å². The quantitative estimate of drug-likeness (QED) is 0.643. The molecule has 2 rings (SSSR count). The lowest BCUT2D eigenvalue weighted by atomic mass is 10.3. The van der Waals surface area contributed by atoms with E-state index in [2.05, 4.69) is 10.1 Å². The lowest BCUT2D eigenvalue weighted by Crippen LogP contribution is -1.90. The highest BCUT2D eigenvalue weighted by atomic mass is 15.2. The third-order valence-electron chi connectivity index (χ3n) is 1.49. The SMILES string of the molecule is CC.CC.Cc1ccnn2ccnc12. The van der Waals surface area contributed by atoms with Gasteiger partial charge in [0.05, 0.1) is 0 Å². The fourth-order valence-corrected chi connectivity index (χ4v) is 0.964. The molecular weight excluding hydrogens is 174 g/mol. The Balaban J connectivity index is 0.000000379. The maximum Gasteiger partial charge on any atom is 0.156 e. The number of nitrogens with zero attached hydrogens (tertiary/aromatic N) is 3. The summed E-state index contributed by atoms with van der Waals surface area (Å²) in [5.74, 6) is 0. The van der Waals surface area contributed by atoms with Crippen molar-refractivity contribution in [2.24, 2.45) is 0 Å². The standard InChI is InChI=1S/C7H7N3.2C2H6/c1-6-2-3-9-10-5-4-8-7(6)10;2*1-2/h2-5H,1H3;2*1-2H3. The molecule has 0 amide bonds. The van der Waals surface area contributed by atoms with Crippen LogP contribution in [0.3, 0.4) is 0 Å². The van der Waals surface area contributed by atoms with Gasteiger partial charge < -0.3 is 0 Å². The van der Waals surface area contributed by atoms with Gasteiger partial charge in [0.1, 0.15) is 0 Å². The number of aromatic nitrogens is 3. The Bertz CT molecular complexity index is 352. The highest BCUT2D eigenvalue weighted by Crippen LogP contribution is 2.02. The Morgan fingerprint density at radius 3 is 2.29 bits per heavy atom. The summed E-state index contributed by atoms with van der Waals surface area (Å²) in [6, 6.07) is 1.95. The summed E-state index contributed by atoms with van der Waals surface area (Å²) in [7, 11) is 0. The normalized spacial score (nSPS) is 8.36. The van der Waals surface area contributed by atoms with Gasteiger partial charge in [0.25, 0.3) is 0 Å². The van der Waals surface area contributed by atoms with Crippen molar-refractivity contribution in [3.05, 3.63) is 30.2 Å². The van der Waals surface area contributed by atoms with E-state index in [1.165, 1.54) is 0 Å². The summed E-state index contributed by atoms with van der Waals surface area (Å²) in [5, 5.41) is 4.06. The van der Waals surface area contributed by atoms with Gasteiger partial charge in [0.15, 0.2) is 5.65 Å². The lowest BCUT2D eigenvalue weighted by molar-refractivity contribution is 0.928. The Labute approximate surface area is 85.8 Å². The number of hydrogen-bond acceptors (Lipinski definition) is 2. The molecule has 78 valence electrons. The summed E-state index contributed by atoms with van der Waals surface area (Å²) >= 11 is 0. The zero-order chi connectivity index (χ0) is 11.0. The molecule has 0 spiro atoms. The van der Waals surface area contributed by atoms with Crippen LogP contribution in [0, 0.1) is 6.92 Å².